The van der Waals surface area contributed by atoms with Crippen molar-refractivity contribution in [2.24, 2.45) is 0 Å². The first-order valence-corrected chi connectivity index (χ1v) is 7.49. The maximum Gasteiger partial charge on any atom is 0.244 e. The summed E-state index contributed by atoms with van der Waals surface area (Å²) in [6.07, 6.45) is 4.50. The fourth-order valence-electron chi connectivity index (χ4n) is 3.20. The number of aromatic nitrogens is 5. The van der Waals surface area contributed by atoms with Crippen molar-refractivity contribution in [3.63, 3.8) is 0 Å². The third kappa shape index (κ3) is 2.29. The number of carbonyl (C=O) groups excluding carboxylic acids is 1. The van der Waals surface area contributed by atoms with Gasteiger partial charge in [-0.15, -0.1) is 5.10 Å². The number of aryl methyl sites for hydroxylation is 1. The van der Waals surface area contributed by atoms with Crippen LogP contribution in [0.1, 0.15) is 23.9 Å². The van der Waals surface area contributed by atoms with E-state index < -0.39 is 0 Å². The molecule has 0 spiro atoms. The highest BCUT2D eigenvalue weighted by molar-refractivity contribution is 5.76. The first-order valence-electron chi connectivity index (χ1n) is 7.49. The van der Waals surface area contributed by atoms with Crippen LogP contribution >= 0.6 is 0 Å². The molecule has 22 heavy (non-hydrogen) atoms. The molecule has 0 N–H and O–H groups in total. The van der Waals surface area contributed by atoms with Crippen LogP contribution in [0.2, 0.25) is 0 Å². The Balaban J connectivity index is 1.48. The summed E-state index contributed by atoms with van der Waals surface area (Å²) in [5.74, 6) is 0.0776. The van der Waals surface area contributed by atoms with E-state index >= 15 is 0 Å². The fourth-order valence-corrected chi connectivity index (χ4v) is 3.20. The minimum atomic E-state index is 0.0586. The zero-order chi connectivity index (χ0) is 15.1. The van der Waals surface area contributed by atoms with Crippen molar-refractivity contribution in [3.8, 4) is 0 Å². The van der Waals surface area contributed by atoms with Gasteiger partial charge in [-0.3, -0.25) is 9.48 Å². The van der Waals surface area contributed by atoms with Gasteiger partial charge < -0.3 is 9.64 Å². The smallest absolute Gasteiger partial charge is 0.244 e. The molecule has 2 aliphatic rings. The molecule has 1 saturated heterocycles. The van der Waals surface area contributed by atoms with E-state index in [1.807, 2.05) is 28.8 Å². The number of piperidine rings is 1. The van der Waals surface area contributed by atoms with Gasteiger partial charge in [-0.1, -0.05) is 5.21 Å². The summed E-state index contributed by atoms with van der Waals surface area (Å²) in [5, 5.41) is 12.4. The number of likely N-dealkylation sites (tertiary alicyclic amines) is 1. The molecular weight excluding hydrogens is 284 g/mol. The molecule has 2 aromatic heterocycles. The number of ether oxygens (including phenoxy) is 1. The normalized spacial score (nSPS) is 24.0. The Kier molecular flexibility index (Phi) is 3.18. The minimum Gasteiger partial charge on any atom is -0.370 e. The predicted molar refractivity (Wildman–Crippen MR) is 75.8 cm³/mol. The Hall–Kier alpha value is -2.22. The molecule has 8 heteroatoms. The van der Waals surface area contributed by atoms with Gasteiger partial charge in [0, 0.05) is 19.3 Å². The van der Waals surface area contributed by atoms with E-state index in [-0.39, 0.29) is 24.6 Å². The summed E-state index contributed by atoms with van der Waals surface area (Å²) < 4.78 is 9.45. The summed E-state index contributed by atoms with van der Waals surface area (Å²) in [6, 6.07) is 1.96. The first-order chi connectivity index (χ1) is 10.7. The molecule has 4 rings (SSSR count). The van der Waals surface area contributed by atoms with Gasteiger partial charge >= 0.3 is 0 Å². The van der Waals surface area contributed by atoms with Crippen LogP contribution in [0.4, 0.5) is 0 Å². The van der Waals surface area contributed by atoms with Crippen molar-refractivity contribution in [2.45, 2.75) is 38.6 Å². The Morgan fingerprint density at radius 2 is 2.41 bits per heavy atom. The van der Waals surface area contributed by atoms with Crippen LogP contribution < -0.4 is 0 Å². The van der Waals surface area contributed by atoms with Crippen LogP contribution in [0.3, 0.4) is 0 Å². The molecule has 0 saturated carbocycles. The number of rotatable bonds is 2. The molecule has 0 unspecified atom stereocenters. The number of hydrogen-bond acceptors (Lipinski definition) is 5. The van der Waals surface area contributed by atoms with E-state index in [0.29, 0.717) is 19.7 Å². The molecule has 0 aromatic carbocycles. The van der Waals surface area contributed by atoms with Gasteiger partial charge in [-0.2, -0.15) is 5.10 Å². The summed E-state index contributed by atoms with van der Waals surface area (Å²) in [5.41, 5.74) is 1.89. The summed E-state index contributed by atoms with van der Waals surface area (Å²) in [4.78, 5) is 14.4. The Bertz CT molecular complexity index is 693. The number of fused-ring (bicyclic) bond motifs is 3. The number of carbonyl (C=O) groups is 1. The number of hydrogen-bond donors (Lipinski definition) is 0. The topological polar surface area (TPSA) is 78.1 Å². The zero-order valence-electron chi connectivity index (χ0n) is 12.4. The van der Waals surface area contributed by atoms with Crippen LogP contribution in [0.5, 0.6) is 0 Å². The largest absolute Gasteiger partial charge is 0.370 e. The highest BCUT2D eigenvalue weighted by atomic mass is 16.5. The molecule has 2 aromatic rings. The second-order valence-corrected chi connectivity index (χ2v) is 5.87. The molecule has 2 aliphatic heterocycles. The van der Waals surface area contributed by atoms with E-state index in [9.17, 15) is 4.79 Å². The van der Waals surface area contributed by atoms with Crippen molar-refractivity contribution in [1.82, 2.24) is 29.7 Å². The van der Waals surface area contributed by atoms with Crippen LogP contribution in [0.15, 0.2) is 18.5 Å². The molecule has 4 heterocycles. The molecule has 1 fully saturated rings. The lowest BCUT2D eigenvalue weighted by molar-refractivity contribution is -0.138. The van der Waals surface area contributed by atoms with Crippen molar-refractivity contribution in [3.05, 3.63) is 29.8 Å². The van der Waals surface area contributed by atoms with Gasteiger partial charge in [0.2, 0.25) is 5.91 Å². The molecular formula is C14H18N6O2. The second kappa shape index (κ2) is 5.20. The van der Waals surface area contributed by atoms with Gasteiger partial charge in [0.1, 0.15) is 6.54 Å². The quantitative estimate of drug-likeness (QED) is 0.789. The summed E-state index contributed by atoms with van der Waals surface area (Å²) in [7, 11) is 0. The maximum atomic E-state index is 12.5. The van der Waals surface area contributed by atoms with E-state index in [4.69, 9.17) is 4.74 Å². The molecule has 2 atom stereocenters. The SMILES string of the molecule is Cc1ccn(CC(=O)N2CC[C@H]3OCc4cnnn4[C@@H]3C2)n1. The van der Waals surface area contributed by atoms with Crippen molar-refractivity contribution >= 4 is 5.91 Å². The monoisotopic (exact) mass is 302 g/mol. The van der Waals surface area contributed by atoms with Gasteiger partial charge in [0.15, 0.2) is 0 Å². The standard InChI is InChI=1S/C14H18N6O2/c1-10-2-5-19(16-10)8-14(21)18-4-3-13-12(7-18)20-11(9-22-13)6-15-17-20/h2,5-6,12-13H,3-4,7-9H2,1H3/t12-,13-/m1/s1. The lowest BCUT2D eigenvalue weighted by Gasteiger charge is -2.41. The molecule has 0 bridgehead atoms. The molecule has 1 amide bonds. The van der Waals surface area contributed by atoms with Crippen LogP contribution in [0.25, 0.3) is 0 Å². The van der Waals surface area contributed by atoms with Crippen molar-refractivity contribution < 1.29 is 9.53 Å². The van der Waals surface area contributed by atoms with Gasteiger partial charge in [0.05, 0.1) is 36.3 Å². The molecule has 0 aliphatic carbocycles. The average molecular weight is 302 g/mol. The van der Waals surface area contributed by atoms with E-state index in [0.717, 1.165) is 17.8 Å². The van der Waals surface area contributed by atoms with E-state index in [1.54, 1.807) is 10.9 Å². The highest BCUT2D eigenvalue weighted by Crippen LogP contribution is 2.30. The number of amides is 1. The van der Waals surface area contributed by atoms with E-state index in [2.05, 4.69) is 15.4 Å². The van der Waals surface area contributed by atoms with Gasteiger partial charge in [-0.25, -0.2) is 4.68 Å². The fraction of sp³-hybridized carbons (Fsp3) is 0.571. The average Bonchev–Trinajstić information content (AvgIpc) is 3.15. The van der Waals surface area contributed by atoms with Crippen LogP contribution in [0, 0.1) is 6.92 Å². The molecule has 0 radical (unpaired) electrons. The lowest BCUT2D eigenvalue weighted by Crippen LogP contribution is -2.50. The first kappa shape index (κ1) is 13.4. The van der Waals surface area contributed by atoms with E-state index in [1.165, 1.54) is 0 Å². The van der Waals surface area contributed by atoms with Gasteiger partial charge in [0.25, 0.3) is 0 Å². The second-order valence-electron chi connectivity index (χ2n) is 5.87. The Morgan fingerprint density at radius 1 is 1.50 bits per heavy atom. The highest BCUT2D eigenvalue weighted by Gasteiger charge is 2.37. The van der Waals surface area contributed by atoms with Crippen molar-refractivity contribution in [2.75, 3.05) is 13.1 Å². The van der Waals surface area contributed by atoms with Crippen LogP contribution in [-0.2, 0) is 22.7 Å². The lowest BCUT2D eigenvalue weighted by atomic mass is 10.0. The van der Waals surface area contributed by atoms with Crippen LogP contribution in [-0.4, -0.2) is 54.8 Å². The minimum absolute atomic E-state index is 0.0586. The zero-order valence-corrected chi connectivity index (χ0v) is 12.4. The molecule has 8 nitrogen and oxygen atoms in total. The molecule has 116 valence electrons. The summed E-state index contributed by atoms with van der Waals surface area (Å²) in [6.45, 7) is 4.06. The Morgan fingerprint density at radius 3 is 3.23 bits per heavy atom. The maximum absolute atomic E-state index is 12.5. The number of nitrogens with zero attached hydrogens (tertiary/aromatic N) is 6. The van der Waals surface area contributed by atoms with Crippen molar-refractivity contribution in [1.29, 1.82) is 0 Å². The predicted octanol–water partition coefficient (Wildman–Crippen LogP) is 0.155. The summed E-state index contributed by atoms with van der Waals surface area (Å²) >= 11 is 0. The Labute approximate surface area is 127 Å². The third-order valence-corrected chi connectivity index (χ3v) is 4.35. The van der Waals surface area contributed by atoms with Gasteiger partial charge in [-0.05, 0) is 19.4 Å². The third-order valence-electron chi connectivity index (χ3n) is 4.35.